The summed E-state index contributed by atoms with van der Waals surface area (Å²) < 4.78 is 29.5. The molecule has 2 atom stereocenters. The second-order valence-corrected chi connectivity index (χ2v) is 6.74. The number of rotatable bonds is 10. The van der Waals surface area contributed by atoms with Gasteiger partial charge in [0.05, 0.1) is 26.4 Å². The van der Waals surface area contributed by atoms with Crippen LogP contribution >= 0.6 is 0 Å². The molecular weight excluding hydrogens is 353 g/mol. The average molecular weight is 381 g/mol. The van der Waals surface area contributed by atoms with E-state index in [-0.39, 0.29) is 43.2 Å². The zero-order chi connectivity index (χ0) is 19.6. The Labute approximate surface area is 159 Å². The third-order valence-corrected chi connectivity index (χ3v) is 4.30. The number of allylic oxidation sites excluding steroid dienone is 1. The number of carbonyl (C=O) groups is 1. The number of ether oxygens (including phenoxy) is 3. The first kappa shape index (κ1) is 21.3. The smallest absolute Gasteiger partial charge is 0.286 e. The lowest BCUT2D eigenvalue weighted by Crippen LogP contribution is -2.34. The number of hydrogen-bond donors (Lipinski definition) is 2. The van der Waals surface area contributed by atoms with E-state index < -0.39 is 6.29 Å². The number of hydrogen-bond acceptors (Lipinski definition) is 5. The topological polar surface area (TPSA) is 77.0 Å². The van der Waals surface area contributed by atoms with Gasteiger partial charge in [0.2, 0.25) is 6.29 Å². The highest BCUT2D eigenvalue weighted by Gasteiger charge is 2.29. The zero-order valence-corrected chi connectivity index (χ0v) is 15.8. The number of halogens is 1. The Morgan fingerprint density at radius 3 is 2.70 bits per heavy atom. The molecule has 0 fully saturated rings. The van der Waals surface area contributed by atoms with Crippen molar-refractivity contribution in [2.24, 2.45) is 11.8 Å². The molecule has 1 aromatic carbocycles. The Morgan fingerprint density at radius 1 is 1.30 bits per heavy atom. The molecule has 1 aliphatic rings. The molecule has 0 bridgehead atoms. The quantitative estimate of drug-likeness (QED) is 0.609. The Bertz CT molecular complexity index is 617. The van der Waals surface area contributed by atoms with Crippen molar-refractivity contribution >= 4 is 5.91 Å². The molecule has 6 nitrogen and oxygen atoms in total. The number of amides is 1. The maximum absolute atomic E-state index is 13.0. The molecule has 0 aromatic heterocycles. The van der Waals surface area contributed by atoms with Gasteiger partial charge >= 0.3 is 0 Å². The summed E-state index contributed by atoms with van der Waals surface area (Å²) >= 11 is 0. The van der Waals surface area contributed by atoms with Gasteiger partial charge in [-0.25, -0.2) is 4.39 Å². The highest BCUT2D eigenvalue weighted by Crippen LogP contribution is 2.28. The van der Waals surface area contributed by atoms with Gasteiger partial charge in [-0.1, -0.05) is 26.0 Å². The molecule has 0 radical (unpaired) electrons. The normalized spacial score (nSPS) is 19.5. The van der Waals surface area contributed by atoms with Gasteiger partial charge in [0, 0.05) is 13.0 Å². The minimum Gasteiger partial charge on any atom is -0.459 e. The first-order chi connectivity index (χ1) is 13.0. The lowest BCUT2D eigenvalue weighted by atomic mass is 9.90. The van der Waals surface area contributed by atoms with E-state index in [4.69, 9.17) is 19.3 Å². The highest BCUT2D eigenvalue weighted by atomic mass is 19.1. The molecule has 2 N–H and O–H groups in total. The van der Waals surface area contributed by atoms with E-state index in [9.17, 15) is 9.18 Å². The Morgan fingerprint density at radius 2 is 2.04 bits per heavy atom. The summed E-state index contributed by atoms with van der Waals surface area (Å²) in [5.74, 6) is 0.100. The first-order valence-electron chi connectivity index (χ1n) is 9.21. The van der Waals surface area contributed by atoms with E-state index in [0.717, 1.165) is 5.56 Å². The van der Waals surface area contributed by atoms with Crippen molar-refractivity contribution in [3.8, 4) is 0 Å². The number of carbonyl (C=O) groups excluding carboxylic acids is 1. The van der Waals surface area contributed by atoms with Gasteiger partial charge < -0.3 is 24.6 Å². The Balaban J connectivity index is 1.89. The number of benzene rings is 1. The summed E-state index contributed by atoms with van der Waals surface area (Å²) in [5, 5.41) is 11.5. The van der Waals surface area contributed by atoms with Crippen LogP contribution in [0.5, 0.6) is 0 Å². The maximum Gasteiger partial charge on any atom is 0.286 e. The van der Waals surface area contributed by atoms with Crippen LogP contribution in [-0.2, 0) is 25.5 Å². The van der Waals surface area contributed by atoms with Crippen LogP contribution in [0.3, 0.4) is 0 Å². The van der Waals surface area contributed by atoms with Crippen LogP contribution in [0, 0.1) is 17.7 Å². The number of aliphatic hydroxyl groups is 1. The van der Waals surface area contributed by atoms with E-state index >= 15 is 0 Å². The van der Waals surface area contributed by atoms with Gasteiger partial charge in [-0.3, -0.25) is 4.79 Å². The Kier molecular flexibility index (Phi) is 8.71. The van der Waals surface area contributed by atoms with Crippen molar-refractivity contribution in [1.29, 1.82) is 0 Å². The van der Waals surface area contributed by atoms with Crippen molar-refractivity contribution in [1.82, 2.24) is 5.32 Å². The molecule has 1 amide bonds. The standard InChI is InChI=1S/C20H28FNO5/c1-14(2)16-11-18(27-19(12-16)26-10-9-25-8-7-23)20(24)22-13-15-3-5-17(21)6-4-15/h3-6,11,14,16,19,23H,7-10,12-13H2,1-2H3,(H,22,24)/t16-,19+/m0/s1. The molecule has 0 saturated carbocycles. The predicted molar refractivity (Wildman–Crippen MR) is 98.0 cm³/mol. The van der Waals surface area contributed by atoms with E-state index in [1.165, 1.54) is 12.1 Å². The van der Waals surface area contributed by atoms with E-state index in [2.05, 4.69) is 19.2 Å². The molecule has 2 rings (SSSR count). The minimum absolute atomic E-state index is 0.0313. The van der Waals surface area contributed by atoms with Crippen molar-refractivity contribution < 1.29 is 28.5 Å². The third-order valence-electron chi connectivity index (χ3n) is 4.30. The number of nitrogens with one attached hydrogen (secondary N) is 1. The van der Waals surface area contributed by atoms with Crippen LogP contribution in [0.25, 0.3) is 0 Å². The number of aliphatic hydroxyl groups excluding tert-OH is 1. The van der Waals surface area contributed by atoms with Crippen molar-refractivity contribution in [3.63, 3.8) is 0 Å². The predicted octanol–water partition coefficient (Wildman–Crippen LogP) is 2.37. The van der Waals surface area contributed by atoms with Crippen LogP contribution in [0.2, 0.25) is 0 Å². The van der Waals surface area contributed by atoms with E-state index in [1.54, 1.807) is 12.1 Å². The monoisotopic (exact) mass is 381 g/mol. The molecule has 7 heteroatoms. The van der Waals surface area contributed by atoms with Gasteiger partial charge in [0.15, 0.2) is 5.76 Å². The van der Waals surface area contributed by atoms with E-state index in [0.29, 0.717) is 25.6 Å². The molecule has 0 aliphatic carbocycles. The largest absolute Gasteiger partial charge is 0.459 e. The summed E-state index contributed by atoms with van der Waals surface area (Å²) in [6, 6.07) is 5.96. The summed E-state index contributed by atoms with van der Waals surface area (Å²) in [6.45, 7) is 5.36. The average Bonchev–Trinajstić information content (AvgIpc) is 2.67. The van der Waals surface area contributed by atoms with Crippen molar-refractivity contribution in [2.75, 3.05) is 26.4 Å². The second-order valence-electron chi connectivity index (χ2n) is 6.74. The molecular formula is C20H28FNO5. The van der Waals surface area contributed by atoms with Gasteiger partial charge in [-0.2, -0.15) is 0 Å². The third kappa shape index (κ3) is 7.28. The van der Waals surface area contributed by atoms with Gasteiger partial charge in [0.25, 0.3) is 5.91 Å². The van der Waals surface area contributed by atoms with Crippen LogP contribution < -0.4 is 5.32 Å². The summed E-state index contributed by atoms with van der Waals surface area (Å²) in [4.78, 5) is 12.5. The molecule has 1 aromatic rings. The zero-order valence-electron chi connectivity index (χ0n) is 15.8. The molecule has 1 aliphatic heterocycles. The Hall–Kier alpha value is -1.96. The molecule has 27 heavy (non-hydrogen) atoms. The van der Waals surface area contributed by atoms with Gasteiger partial charge in [-0.05, 0) is 35.6 Å². The fourth-order valence-corrected chi connectivity index (χ4v) is 2.69. The van der Waals surface area contributed by atoms with Crippen molar-refractivity contribution in [2.45, 2.75) is 33.1 Å². The van der Waals surface area contributed by atoms with Crippen LogP contribution in [0.4, 0.5) is 4.39 Å². The molecule has 0 spiro atoms. The van der Waals surface area contributed by atoms with Gasteiger partial charge in [0.1, 0.15) is 5.82 Å². The maximum atomic E-state index is 13.0. The fraction of sp³-hybridized carbons (Fsp3) is 0.550. The van der Waals surface area contributed by atoms with Crippen LogP contribution in [-0.4, -0.2) is 43.7 Å². The molecule has 0 unspecified atom stereocenters. The van der Waals surface area contributed by atoms with Crippen molar-refractivity contribution in [3.05, 3.63) is 47.5 Å². The highest BCUT2D eigenvalue weighted by molar-refractivity contribution is 5.91. The summed E-state index contributed by atoms with van der Waals surface area (Å²) in [6.07, 6.45) is 1.98. The minimum atomic E-state index is -0.522. The molecule has 150 valence electrons. The SMILES string of the molecule is CC(C)[C@H]1C=C(C(=O)NCc2ccc(F)cc2)O[C@@H](OCCOCCO)C1. The van der Waals surface area contributed by atoms with Crippen LogP contribution in [0.1, 0.15) is 25.8 Å². The summed E-state index contributed by atoms with van der Waals surface area (Å²) in [5.41, 5.74) is 0.801. The van der Waals surface area contributed by atoms with Gasteiger partial charge in [-0.15, -0.1) is 0 Å². The lowest BCUT2D eigenvalue weighted by molar-refractivity contribution is -0.155. The van der Waals surface area contributed by atoms with Crippen LogP contribution in [0.15, 0.2) is 36.1 Å². The lowest BCUT2D eigenvalue weighted by Gasteiger charge is -2.30. The summed E-state index contributed by atoms with van der Waals surface area (Å²) in [7, 11) is 0. The molecule has 1 heterocycles. The second kappa shape index (κ2) is 11.0. The first-order valence-corrected chi connectivity index (χ1v) is 9.21. The van der Waals surface area contributed by atoms with E-state index in [1.807, 2.05) is 6.08 Å². The molecule has 0 saturated heterocycles. The fourth-order valence-electron chi connectivity index (χ4n) is 2.69.